The number of nitrogens with zero attached hydrogens (tertiary/aromatic N) is 1. The Morgan fingerprint density at radius 2 is 1.91 bits per heavy atom. The van der Waals surface area contributed by atoms with E-state index in [2.05, 4.69) is 24.1 Å². The standard InChI is InChI=1S/C25H43N3O4/c1-19(2)20(16-22(26)23(29)18-28-12-7-4-8-13-28)17-27-25(30)21-10-5-6-11-24(21)32-15-9-14-31-3/h5-6,10-11,19-20,22-23,29H,4,7-9,12-18,26H2,1-3H3,(H,27,30). The molecule has 1 aromatic carbocycles. The number of hydrogen-bond acceptors (Lipinski definition) is 6. The quantitative estimate of drug-likeness (QED) is 0.378. The Kier molecular flexibility index (Phi) is 12.0. The molecular formula is C25H43N3O4. The molecule has 1 aliphatic rings. The van der Waals surface area contributed by atoms with Crippen LogP contribution in [0.1, 0.15) is 56.3 Å². The van der Waals surface area contributed by atoms with Crippen molar-refractivity contribution >= 4 is 5.91 Å². The fourth-order valence-electron chi connectivity index (χ4n) is 4.12. The molecule has 0 spiro atoms. The van der Waals surface area contributed by atoms with Crippen LogP contribution in [-0.2, 0) is 4.74 Å². The summed E-state index contributed by atoms with van der Waals surface area (Å²) in [6.45, 7) is 8.61. The monoisotopic (exact) mass is 449 g/mol. The van der Waals surface area contributed by atoms with E-state index in [0.717, 1.165) is 19.5 Å². The lowest BCUT2D eigenvalue weighted by Gasteiger charge is -2.32. The number of nitrogens with two attached hydrogens (primary N) is 1. The van der Waals surface area contributed by atoms with Gasteiger partial charge in [0, 0.05) is 39.3 Å². The van der Waals surface area contributed by atoms with Gasteiger partial charge in [-0.2, -0.15) is 0 Å². The summed E-state index contributed by atoms with van der Waals surface area (Å²) in [5.41, 5.74) is 6.90. The Hall–Kier alpha value is -1.67. The normalized spacial score (nSPS) is 17.7. The molecule has 182 valence electrons. The van der Waals surface area contributed by atoms with Crippen LogP contribution in [-0.4, -0.2) is 74.6 Å². The molecule has 7 heteroatoms. The van der Waals surface area contributed by atoms with Gasteiger partial charge in [0.1, 0.15) is 5.75 Å². The third-order valence-electron chi connectivity index (χ3n) is 6.31. The van der Waals surface area contributed by atoms with Crippen LogP contribution in [0.5, 0.6) is 5.75 Å². The fourth-order valence-corrected chi connectivity index (χ4v) is 4.12. The van der Waals surface area contributed by atoms with Crippen molar-refractivity contribution in [2.45, 2.75) is 58.1 Å². The van der Waals surface area contributed by atoms with E-state index < -0.39 is 6.10 Å². The molecule has 1 heterocycles. The molecule has 2 rings (SSSR count). The number of piperidine rings is 1. The number of carbonyl (C=O) groups is 1. The van der Waals surface area contributed by atoms with Crippen LogP contribution < -0.4 is 15.8 Å². The molecule has 1 fully saturated rings. The van der Waals surface area contributed by atoms with Crippen LogP contribution in [0.4, 0.5) is 0 Å². The Bertz CT molecular complexity index is 664. The van der Waals surface area contributed by atoms with E-state index in [1.807, 2.05) is 18.2 Å². The van der Waals surface area contributed by atoms with Crippen LogP contribution in [0, 0.1) is 11.8 Å². The second kappa shape index (κ2) is 14.5. The number of para-hydroxylation sites is 1. The maximum absolute atomic E-state index is 12.9. The minimum absolute atomic E-state index is 0.152. The predicted octanol–water partition coefficient (Wildman–Crippen LogP) is 2.67. The van der Waals surface area contributed by atoms with Gasteiger partial charge in [-0.05, 0) is 56.3 Å². The van der Waals surface area contributed by atoms with Crippen LogP contribution >= 0.6 is 0 Å². The molecule has 1 aliphatic heterocycles. The lowest BCUT2D eigenvalue weighted by Crippen LogP contribution is -2.47. The number of likely N-dealkylation sites (tertiary alicyclic amines) is 1. The molecule has 0 aromatic heterocycles. The van der Waals surface area contributed by atoms with Gasteiger partial charge in [-0.3, -0.25) is 4.79 Å². The summed E-state index contributed by atoms with van der Waals surface area (Å²) >= 11 is 0. The Morgan fingerprint density at radius 1 is 1.19 bits per heavy atom. The number of methoxy groups -OCH3 is 1. The minimum atomic E-state index is -0.550. The number of benzene rings is 1. The van der Waals surface area contributed by atoms with Gasteiger partial charge in [0.15, 0.2) is 0 Å². The van der Waals surface area contributed by atoms with Gasteiger partial charge in [0.25, 0.3) is 5.91 Å². The molecule has 1 amide bonds. The van der Waals surface area contributed by atoms with E-state index in [0.29, 0.717) is 50.0 Å². The second-order valence-corrected chi connectivity index (χ2v) is 9.23. The number of carbonyl (C=O) groups excluding carboxylic acids is 1. The molecule has 3 unspecified atom stereocenters. The lowest BCUT2D eigenvalue weighted by atomic mass is 9.87. The van der Waals surface area contributed by atoms with Crippen molar-refractivity contribution in [3.63, 3.8) is 0 Å². The van der Waals surface area contributed by atoms with Gasteiger partial charge in [-0.1, -0.05) is 32.4 Å². The maximum Gasteiger partial charge on any atom is 0.255 e. The first-order chi connectivity index (χ1) is 15.4. The van der Waals surface area contributed by atoms with Gasteiger partial charge < -0.3 is 30.5 Å². The highest BCUT2D eigenvalue weighted by Gasteiger charge is 2.25. The highest BCUT2D eigenvalue weighted by atomic mass is 16.5. The SMILES string of the molecule is COCCCOc1ccccc1C(=O)NCC(CC(N)C(O)CN1CCCCC1)C(C)C. The molecule has 0 aliphatic carbocycles. The zero-order valence-corrected chi connectivity index (χ0v) is 20.1. The predicted molar refractivity (Wildman–Crippen MR) is 128 cm³/mol. The van der Waals surface area contributed by atoms with E-state index >= 15 is 0 Å². The Labute approximate surface area is 193 Å². The van der Waals surface area contributed by atoms with Crippen molar-refractivity contribution < 1.29 is 19.4 Å². The average molecular weight is 450 g/mol. The summed E-state index contributed by atoms with van der Waals surface area (Å²) < 4.78 is 10.8. The van der Waals surface area contributed by atoms with Crippen LogP contribution in [0.2, 0.25) is 0 Å². The lowest BCUT2D eigenvalue weighted by molar-refractivity contribution is 0.0716. The van der Waals surface area contributed by atoms with Crippen molar-refractivity contribution in [3.05, 3.63) is 29.8 Å². The van der Waals surface area contributed by atoms with E-state index in [4.69, 9.17) is 15.2 Å². The van der Waals surface area contributed by atoms with Gasteiger partial charge in [-0.15, -0.1) is 0 Å². The molecule has 0 radical (unpaired) electrons. The van der Waals surface area contributed by atoms with Gasteiger partial charge in [0.05, 0.1) is 18.3 Å². The highest BCUT2D eigenvalue weighted by Crippen LogP contribution is 2.21. The number of amides is 1. The molecule has 7 nitrogen and oxygen atoms in total. The molecule has 0 bridgehead atoms. The maximum atomic E-state index is 12.9. The molecule has 32 heavy (non-hydrogen) atoms. The molecule has 0 saturated carbocycles. The van der Waals surface area contributed by atoms with Crippen molar-refractivity contribution in [2.75, 3.05) is 46.5 Å². The van der Waals surface area contributed by atoms with Crippen molar-refractivity contribution in [2.24, 2.45) is 17.6 Å². The van der Waals surface area contributed by atoms with E-state index in [-0.39, 0.29) is 17.9 Å². The Morgan fingerprint density at radius 3 is 2.59 bits per heavy atom. The van der Waals surface area contributed by atoms with Crippen molar-refractivity contribution in [1.82, 2.24) is 10.2 Å². The van der Waals surface area contributed by atoms with Crippen molar-refractivity contribution in [1.29, 1.82) is 0 Å². The fraction of sp³-hybridized carbons (Fsp3) is 0.720. The first kappa shape index (κ1) is 26.6. The van der Waals surface area contributed by atoms with E-state index in [1.165, 1.54) is 19.3 Å². The smallest absolute Gasteiger partial charge is 0.255 e. The number of nitrogens with one attached hydrogen (secondary N) is 1. The van der Waals surface area contributed by atoms with Crippen LogP contribution in [0.3, 0.4) is 0 Å². The largest absolute Gasteiger partial charge is 0.493 e. The summed E-state index contributed by atoms with van der Waals surface area (Å²) in [6, 6.07) is 6.98. The summed E-state index contributed by atoms with van der Waals surface area (Å²) in [6.07, 6.45) is 4.54. The van der Waals surface area contributed by atoms with Gasteiger partial charge >= 0.3 is 0 Å². The number of hydrogen-bond donors (Lipinski definition) is 3. The second-order valence-electron chi connectivity index (χ2n) is 9.23. The Balaban J connectivity index is 1.87. The van der Waals surface area contributed by atoms with Gasteiger partial charge in [-0.25, -0.2) is 0 Å². The van der Waals surface area contributed by atoms with Crippen LogP contribution in [0.15, 0.2) is 24.3 Å². The molecule has 4 N–H and O–H groups in total. The van der Waals surface area contributed by atoms with Crippen LogP contribution in [0.25, 0.3) is 0 Å². The average Bonchev–Trinajstić information content (AvgIpc) is 2.79. The first-order valence-corrected chi connectivity index (χ1v) is 12.1. The first-order valence-electron chi connectivity index (χ1n) is 12.1. The molecular weight excluding hydrogens is 406 g/mol. The molecule has 1 saturated heterocycles. The summed E-state index contributed by atoms with van der Waals surface area (Å²) in [5.74, 6) is 0.945. The zero-order chi connectivity index (χ0) is 23.3. The highest BCUT2D eigenvalue weighted by molar-refractivity contribution is 5.96. The molecule has 1 aromatic rings. The van der Waals surface area contributed by atoms with Gasteiger partial charge in [0.2, 0.25) is 0 Å². The summed E-state index contributed by atoms with van der Waals surface area (Å²) in [4.78, 5) is 15.2. The summed E-state index contributed by atoms with van der Waals surface area (Å²) in [5, 5.41) is 13.7. The summed E-state index contributed by atoms with van der Waals surface area (Å²) in [7, 11) is 1.66. The minimum Gasteiger partial charge on any atom is -0.493 e. The topological polar surface area (TPSA) is 97.0 Å². The van der Waals surface area contributed by atoms with E-state index in [1.54, 1.807) is 13.2 Å². The zero-order valence-electron chi connectivity index (χ0n) is 20.1. The third kappa shape index (κ3) is 9.06. The van der Waals surface area contributed by atoms with Crippen molar-refractivity contribution in [3.8, 4) is 5.75 Å². The number of ether oxygens (including phenoxy) is 2. The number of β-amino-alcohol motifs (C(OH)–C–C–N with tert-alkyl or cyclic N) is 1. The molecule has 3 atom stereocenters. The number of aliphatic hydroxyl groups is 1. The van der Waals surface area contributed by atoms with E-state index in [9.17, 15) is 9.90 Å². The third-order valence-corrected chi connectivity index (χ3v) is 6.31. The number of rotatable bonds is 14. The number of aliphatic hydroxyl groups excluding tert-OH is 1.